The highest BCUT2D eigenvalue weighted by Crippen LogP contribution is 2.46. The summed E-state index contributed by atoms with van der Waals surface area (Å²) in [6.45, 7) is 10.1. The number of amides is 4. The molecule has 1 aromatic heterocycles. The van der Waals surface area contributed by atoms with Crippen LogP contribution in [0.3, 0.4) is 0 Å². The number of cyclic esters (lactones) is 1. The van der Waals surface area contributed by atoms with Crippen LogP contribution in [0.1, 0.15) is 97.0 Å². The van der Waals surface area contributed by atoms with Crippen LogP contribution < -0.4 is 24.8 Å². The van der Waals surface area contributed by atoms with E-state index in [2.05, 4.69) is 21.9 Å². The Labute approximate surface area is 345 Å². The Bertz CT molecular complexity index is 2050. The zero-order valence-electron chi connectivity index (χ0n) is 34.0. The van der Waals surface area contributed by atoms with Gasteiger partial charge in [0.05, 0.1) is 31.0 Å². The average Bonchev–Trinajstić information content (AvgIpc) is 4.12. The van der Waals surface area contributed by atoms with Crippen LogP contribution in [0.15, 0.2) is 35.9 Å². The van der Waals surface area contributed by atoms with Crippen molar-refractivity contribution in [2.24, 2.45) is 17.3 Å². The van der Waals surface area contributed by atoms with Crippen molar-refractivity contribution in [3.05, 3.63) is 36.4 Å². The lowest BCUT2D eigenvalue weighted by molar-refractivity contribution is -0.142. The Morgan fingerprint density at radius 1 is 1.12 bits per heavy atom. The molecule has 4 amide bonds. The molecule has 0 spiro atoms. The Balaban J connectivity index is 1.27. The first-order chi connectivity index (χ1) is 27.7. The summed E-state index contributed by atoms with van der Waals surface area (Å²) in [7, 11) is -2.27. The van der Waals surface area contributed by atoms with Crippen LogP contribution in [-0.4, -0.2) is 97.1 Å². The van der Waals surface area contributed by atoms with E-state index in [1.165, 1.54) is 11.0 Å². The molecule has 5 aliphatic rings. The van der Waals surface area contributed by atoms with Crippen molar-refractivity contribution in [3.63, 3.8) is 0 Å². The molecule has 58 heavy (non-hydrogen) atoms. The number of carbonyl (C=O) groups is 4. The lowest BCUT2D eigenvalue weighted by atomic mass is 9.83. The second-order valence-electron chi connectivity index (χ2n) is 17.4. The van der Waals surface area contributed by atoms with Gasteiger partial charge in [0, 0.05) is 29.9 Å². The summed E-state index contributed by atoms with van der Waals surface area (Å²) < 4.78 is 46.3. The Kier molecular flexibility index (Phi) is 12.3. The number of methoxy groups -OCH3 is 1. The number of aromatic nitrogens is 1. The molecule has 4 bridgehead atoms. The maximum atomic E-state index is 14.9. The van der Waals surface area contributed by atoms with E-state index in [1.54, 1.807) is 18.9 Å². The van der Waals surface area contributed by atoms with Crippen molar-refractivity contribution >= 4 is 56.5 Å². The molecule has 0 unspecified atom stereocenters. The van der Waals surface area contributed by atoms with Crippen LogP contribution in [0, 0.1) is 17.3 Å². The topological polar surface area (TPSA) is 182 Å². The molecule has 3 saturated carbocycles. The molecule has 2 aromatic rings. The Morgan fingerprint density at radius 3 is 2.55 bits per heavy atom. The molecule has 3 aliphatic carbocycles. The molecule has 3 heterocycles. The fourth-order valence-corrected chi connectivity index (χ4v) is 10.8. The standard InChI is InChI=1S/C42H57N5O9S2/c1-6-27-22-42(27,39(50)46-58(52,53)29-15-16-29)45-37(48)32-19-28-23-47(32)38(49)36(25-12-9-8-10-13-25)44-40(51)55-24-41(3,4)17-11-14-26-18-30-31(20-33(26)54-5)43-35(57-7-2)21-34(30)56-28/h6,18,20-21,25,27-29,32,36H,1,7-17,19,22-24H2,2-5H3,(H,44,51)(H,45,48)(H,46,50)/t27-,28+,32-,36-,42+/m0/s1. The normalized spacial score (nSPS) is 28.0. The van der Waals surface area contributed by atoms with Gasteiger partial charge >= 0.3 is 6.09 Å². The molecule has 16 heteroatoms. The molecule has 2 aliphatic heterocycles. The fourth-order valence-electron chi connectivity index (χ4n) is 8.81. The van der Waals surface area contributed by atoms with Gasteiger partial charge in [-0.1, -0.05) is 46.1 Å². The number of rotatable bonds is 10. The third-order valence-corrected chi connectivity index (χ3v) is 15.0. The molecule has 14 nitrogen and oxygen atoms in total. The van der Waals surface area contributed by atoms with Crippen LogP contribution in [0.2, 0.25) is 0 Å². The second-order valence-corrected chi connectivity index (χ2v) is 20.6. The number of aryl methyl sites for hydroxylation is 1. The fraction of sp³-hybridized carbons (Fsp3) is 0.643. The van der Waals surface area contributed by atoms with Gasteiger partial charge in [0.1, 0.15) is 40.3 Å². The predicted octanol–water partition coefficient (Wildman–Crippen LogP) is 5.41. The van der Waals surface area contributed by atoms with Crippen LogP contribution in [0.25, 0.3) is 10.9 Å². The van der Waals surface area contributed by atoms with E-state index in [1.807, 2.05) is 39.0 Å². The van der Waals surface area contributed by atoms with Crippen molar-refractivity contribution in [2.75, 3.05) is 26.0 Å². The molecule has 7 rings (SSSR count). The molecular weight excluding hydrogens is 783 g/mol. The number of sulfonamides is 1. The first kappa shape index (κ1) is 42.1. The van der Waals surface area contributed by atoms with E-state index >= 15 is 0 Å². The smallest absolute Gasteiger partial charge is 0.407 e. The molecule has 1 saturated heterocycles. The van der Waals surface area contributed by atoms with Crippen LogP contribution >= 0.6 is 11.8 Å². The number of alkyl carbamates (subject to hydrolysis) is 1. The van der Waals surface area contributed by atoms with Crippen molar-refractivity contribution in [3.8, 4) is 11.5 Å². The van der Waals surface area contributed by atoms with Gasteiger partial charge in [-0.25, -0.2) is 18.2 Å². The summed E-state index contributed by atoms with van der Waals surface area (Å²) in [6, 6.07) is 3.79. The van der Waals surface area contributed by atoms with Gasteiger partial charge in [0.2, 0.25) is 21.8 Å². The number of hydrogen-bond donors (Lipinski definition) is 3. The van der Waals surface area contributed by atoms with Crippen molar-refractivity contribution in [1.29, 1.82) is 0 Å². The van der Waals surface area contributed by atoms with E-state index in [0.29, 0.717) is 36.3 Å². The monoisotopic (exact) mass is 839 g/mol. The predicted molar refractivity (Wildman–Crippen MR) is 220 cm³/mol. The van der Waals surface area contributed by atoms with E-state index in [-0.39, 0.29) is 37.3 Å². The van der Waals surface area contributed by atoms with Gasteiger partial charge in [-0.15, -0.1) is 18.3 Å². The molecule has 4 fully saturated rings. The number of hydrogen-bond acceptors (Lipinski definition) is 11. The number of nitrogens with zero attached hydrogens (tertiary/aromatic N) is 2. The van der Waals surface area contributed by atoms with Gasteiger partial charge in [0.15, 0.2) is 0 Å². The average molecular weight is 840 g/mol. The minimum absolute atomic E-state index is 0.0210. The third-order valence-electron chi connectivity index (χ3n) is 12.4. The number of benzene rings is 1. The summed E-state index contributed by atoms with van der Waals surface area (Å²) >= 11 is 1.57. The van der Waals surface area contributed by atoms with Crippen LogP contribution in [0.5, 0.6) is 11.5 Å². The van der Waals surface area contributed by atoms with E-state index in [4.69, 9.17) is 19.2 Å². The highest BCUT2D eigenvalue weighted by molar-refractivity contribution is 7.99. The summed E-state index contributed by atoms with van der Waals surface area (Å²) in [4.78, 5) is 63.1. The number of carbonyl (C=O) groups excluding carboxylic acids is 4. The van der Waals surface area contributed by atoms with Crippen LogP contribution in [0.4, 0.5) is 4.79 Å². The molecule has 3 N–H and O–H groups in total. The van der Waals surface area contributed by atoms with E-state index < -0.39 is 68.7 Å². The maximum Gasteiger partial charge on any atom is 0.407 e. The molecule has 0 radical (unpaired) electrons. The summed E-state index contributed by atoms with van der Waals surface area (Å²) in [5.41, 5.74) is -0.244. The van der Waals surface area contributed by atoms with Crippen LogP contribution in [-0.2, 0) is 35.6 Å². The lowest BCUT2D eigenvalue weighted by Crippen LogP contribution is -2.59. The molecule has 316 valence electrons. The molecular formula is C42H57N5O9S2. The minimum atomic E-state index is -3.90. The summed E-state index contributed by atoms with van der Waals surface area (Å²) in [5.74, 6) is -0.517. The first-order valence-corrected chi connectivity index (χ1v) is 23.3. The largest absolute Gasteiger partial charge is 0.496 e. The number of nitrogens with one attached hydrogen (secondary N) is 3. The van der Waals surface area contributed by atoms with Gasteiger partial charge in [-0.2, -0.15) is 0 Å². The Hall–Kier alpha value is -4.05. The zero-order chi connectivity index (χ0) is 41.4. The minimum Gasteiger partial charge on any atom is -0.496 e. The highest BCUT2D eigenvalue weighted by atomic mass is 32.2. The summed E-state index contributed by atoms with van der Waals surface area (Å²) in [6.07, 6.45) is 7.86. The number of ether oxygens (including phenoxy) is 3. The second kappa shape index (κ2) is 16.9. The number of fused-ring (bicyclic) bond motifs is 3. The van der Waals surface area contributed by atoms with Crippen molar-refractivity contribution in [2.45, 2.75) is 132 Å². The van der Waals surface area contributed by atoms with Gasteiger partial charge in [-0.05, 0) is 80.1 Å². The van der Waals surface area contributed by atoms with Gasteiger partial charge in [0.25, 0.3) is 5.91 Å². The maximum absolute atomic E-state index is 14.9. The SMILES string of the molecule is C=C[C@H]1C[C@]1(NC(=O)[C@@H]1C[C@@H]2CN1C(=O)[C@H](C1CCCCC1)NC(=O)OCC(C)(C)CCCc1cc3c(cc(SCC)nc3cc1OC)O2)C(=O)NS(=O)(=O)C1CC1. The van der Waals surface area contributed by atoms with Gasteiger partial charge in [-0.3, -0.25) is 19.1 Å². The van der Waals surface area contributed by atoms with Crippen molar-refractivity contribution < 1.29 is 41.8 Å². The first-order valence-electron chi connectivity index (χ1n) is 20.7. The number of pyridine rings is 1. The van der Waals surface area contributed by atoms with Gasteiger partial charge < -0.3 is 29.7 Å². The third kappa shape index (κ3) is 9.07. The van der Waals surface area contributed by atoms with E-state index in [9.17, 15) is 27.6 Å². The molecule has 1 aromatic carbocycles. The highest BCUT2D eigenvalue weighted by Gasteiger charge is 2.62. The number of thioether (sulfide) groups is 1. The quantitative estimate of drug-likeness (QED) is 0.206. The Morgan fingerprint density at radius 2 is 1.88 bits per heavy atom. The lowest BCUT2D eigenvalue weighted by Gasteiger charge is -2.35. The van der Waals surface area contributed by atoms with Crippen molar-refractivity contribution in [1.82, 2.24) is 25.2 Å². The zero-order valence-corrected chi connectivity index (χ0v) is 35.6. The van der Waals surface area contributed by atoms with E-state index in [0.717, 1.165) is 66.7 Å². The summed E-state index contributed by atoms with van der Waals surface area (Å²) in [5, 5.41) is 6.68. The molecule has 5 atom stereocenters.